The van der Waals surface area contributed by atoms with Crippen LogP contribution in [0.3, 0.4) is 0 Å². The van der Waals surface area contributed by atoms with Gasteiger partial charge in [0.2, 0.25) is 0 Å². The van der Waals surface area contributed by atoms with Crippen LogP contribution in [-0.2, 0) is 7.05 Å². The number of H-pyrrole nitrogens is 1. The molecule has 0 spiro atoms. The minimum atomic E-state index is -0.694. The van der Waals surface area contributed by atoms with Crippen LogP contribution in [0.25, 0.3) is 0 Å². The SMILES string of the molecule is Cn1c(=O)cc(C(=O)N(c2cnoc2)c2ccccc2NC2CC(O)C2)[nH]c1=O. The van der Waals surface area contributed by atoms with E-state index in [0.29, 0.717) is 29.9 Å². The number of hydrogen-bond acceptors (Lipinski definition) is 7. The van der Waals surface area contributed by atoms with Gasteiger partial charge in [-0.05, 0) is 25.0 Å². The van der Waals surface area contributed by atoms with E-state index in [9.17, 15) is 19.5 Å². The lowest BCUT2D eigenvalue weighted by Crippen LogP contribution is -2.40. The lowest BCUT2D eigenvalue weighted by atomic mass is 9.89. The Balaban J connectivity index is 1.77. The molecular formula is C19H19N5O5. The number of amides is 1. The lowest BCUT2D eigenvalue weighted by molar-refractivity contribution is 0.0836. The maximum absolute atomic E-state index is 13.3. The van der Waals surface area contributed by atoms with E-state index in [2.05, 4.69) is 15.5 Å². The molecule has 2 aromatic heterocycles. The third-order valence-corrected chi connectivity index (χ3v) is 4.87. The van der Waals surface area contributed by atoms with E-state index in [1.165, 1.54) is 24.4 Å². The number of carbonyl (C=O) groups is 1. The maximum Gasteiger partial charge on any atom is 0.328 e. The summed E-state index contributed by atoms with van der Waals surface area (Å²) in [5.74, 6) is -0.620. The Kier molecular flexibility index (Phi) is 4.77. The monoisotopic (exact) mass is 397 g/mol. The Morgan fingerprint density at radius 2 is 2.10 bits per heavy atom. The molecule has 1 saturated carbocycles. The first-order valence-electron chi connectivity index (χ1n) is 9.02. The first-order chi connectivity index (χ1) is 13.9. The number of aliphatic hydroxyl groups is 1. The summed E-state index contributed by atoms with van der Waals surface area (Å²) < 4.78 is 5.77. The number of para-hydroxylation sites is 2. The predicted octanol–water partition coefficient (Wildman–Crippen LogP) is 0.975. The summed E-state index contributed by atoms with van der Waals surface area (Å²) >= 11 is 0. The number of aliphatic hydroxyl groups excluding tert-OH is 1. The molecule has 0 unspecified atom stereocenters. The minimum Gasteiger partial charge on any atom is -0.393 e. The van der Waals surface area contributed by atoms with Crippen molar-refractivity contribution >= 4 is 23.0 Å². The molecule has 0 bridgehead atoms. The molecule has 0 saturated heterocycles. The molecule has 3 aromatic rings. The highest BCUT2D eigenvalue weighted by molar-refractivity contribution is 6.11. The number of carbonyl (C=O) groups excluding carboxylic acids is 1. The molecule has 1 aliphatic carbocycles. The van der Waals surface area contributed by atoms with Crippen molar-refractivity contribution < 1.29 is 14.4 Å². The number of aromatic amines is 1. The molecule has 2 heterocycles. The molecule has 0 radical (unpaired) electrons. The maximum atomic E-state index is 13.3. The van der Waals surface area contributed by atoms with Gasteiger partial charge in [-0.25, -0.2) is 4.79 Å². The number of nitrogens with one attached hydrogen (secondary N) is 2. The molecule has 1 aliphatic rings. The second-order valence-electron chi connectivity index (χ2n) is 6.89. The number of hydrogen-bond donors (Lipinski definition) is 3. The fourth-order valence-corrected chi connectivity index (χ4v) is 3.18. The van der Waals surface area contributed by atoms with Gasteiger partial charge in [0.25, 0.3) is 11.5 Å². The Hall–Kier alpha value is -3.66. The quantitative estimate of drug-likeness (QED) is 0.584. The first-order valence-corrected chi connectivity index (χ1v) is 9.02. The van der Waals surface area contributed by atoms with Crippen LogP contribution in [-0.4, -0.2) is 37.9 Å². The summed E-state index contributed by atoms with van der Waals surface area (Å²) in [6.07, 6.45) is 3.54. The fourth-order valence-electron chi connectivity index (χ4n) is 3.18. The van der Waals surface area contributed by atoms with Gasteiger partial charge in [0.1, 0.15) is 17.6 Å². The summed E-state index contributed by atoms with van der Waals surface area (Å²) in [7, 11) is 1.32. The normalized spacial score (nSPS) is 18.1. The zero-order valence-electron chi connectivity index (χ0n) is 15.5. The van der Waals surface area contributed by atoms with Crippen LogP contribution >= 0.6 is 0 Å². The Morgan fingerprint density at radius 1 is 1.34 bits per heavy atom. The zero-order chi connectivity index (χ0) is 20.5. The summed E-state index contributed by atoms with van der Waals surface area (Å²) in [6.45, 7) is 0. The Morgan fingerprint density at radius 3 is 2.76 bits per heavy atom. The number of anilines is 3. The minimum absolute atomic E-state index is 0.0782. The van der Waals surface area contributed by atoms with Gasteiger partial charge in [0.05, 0.1) is 23.7 Å². The van der Waals surface area contributed by atoms with Gasteiger partial charge in [-0.15, -0.1) is 0 Å². The van der Waals surface area contributed by atoms with Crippen molar-refractivity contribution in [3.8, 4) is 0 Å². The number of benzene rings is 1. The summed E-state index contributed by atoms with van der Waals surface area (Å²) in [4.78, 5) is 41.0. The number of nitrogens with zero attached hydrogens (tertiary/aromatic N) is 3. The third kappa shape index (κ3) is 3.57. The molecular weight excluding hydrogens is 378 g/mol. The van der Waals surface area contributed by atoms with Gasteiger partial charge >= 0.3 is 5.69 Å². The van der Waals surface area contributed by atoms with Crippen molar-refractivity contribution in [2.24, 2.45) is 7.05 Å². The average molecular weight is 397 g/mol. The van der Waals surface area contributed by atoms with Crippen LogP contribution < -0.4 is 21.5 Å². The third-order valence-electron chi connectivity index (χ3n) is 4.87. The molecule has 10 heteroatoms. The van der Waals surface area contributed by atoms with Gasteiger partial charge in [0.15, 0.2) is 0 Å². The molecule has 0 atom stereocenters. The first kappa shape index (κ1) is 18.7. The van der Waals surface area contributed by atoms with E-state index in [-0.39, 0.29) is 17.8 Å². The van der Waals surface area contributed by atoms with Gasteiger partial charge in [-0.2, -0.15) is 0 Å². The largest absolute Gasteiger partial charge is 0.393 e. The van der Waals surface area contributed by atoms with Crippen LogP contribution in [0.5, 0.6) is 0 Å². The van der Waals surface area contributed by atoms with E-state index in [1.54, 1.807) is 18.2 Å². The topological polar surface area (TPSA) is 133 Å². The van der Waals surface area contributed by atoms with Gasteiger partial charge in [-0.3, -0.25) is 19.1 Å². The second-order valence-corrected chi connectivity index (χ2v) is 6.89. The molecule has 1 aromatic carbocycles. The predicted molar refractivity (Wildman–Crippen MR) is 104 cm³/mol. The molecule has 150 valence electrons. The highest BCUT2D eigenvalue weighted by atomic mass is 16.5. The molecule has 3 N–H and O–H groups in total. The molecule has 1 fully saturated rings. The second kappa shape index (κ2) is 7.40. The average Bonchev–Trinajstić information content (AvgIpc) is 3.20. The van der Waals surface area contributed by atoms with Crippen molar-refractivity contribution in [2.45, 2.75) is 25.0 Å². The van der Waals surface area contributed by atoms with Crippen molar-refractivity contribution in [1.82, 2.24) is 14.7 Å². The van der Waals surface area contributed by atoms with E-state index in [1.807, 2.05) is 6.07 Å². The molecule has 29 heavy (non-hydrogen) atoms. The lowest BCUT2D eigenvalue weighted by Gasteiger charge is -2.34. The standard InChI is InChI=1S/C19H19N5O5/c1-23-17(26)8-15(22-19(23)28)18(27)24(12-9-20-29-10-12)16-5-3-2-4-14(16)21-11-6-13(25)7-11/h2-5,8-11,13,21,25H,6-7H2,1H3,(H,22,28). The highest BCUT2D eigenvalue weighted by Gasteiger charge is 2.30. The van der Waals surface area contributed by atoms with Crippen LogP contribution in [0, 0.1) is 0 Å². The van der Waals surface area contributed by atoms with Gasteiger partial charge in [-0.1, -0.05) is 17.3 Å². The van der Waals surface area contributed by atoms with Crippen molar-refractivity contribution in [2.75, 3.05) is 10.2 Å². The molecule has 10 nitrogen and oxygen atoms in total. The summed E-state index contributed by atoms with van der Waals surface area (Å²) in [6, 6.07) is 8.26. The summed E-state index contributed by atoms with van der Waals surface area (Å²) in [5, 5.41) is 16.5. The Bertz CT molecular complexity index is 1110. The number of rotatable bonds is 5. The van der Waals surface area contributed by atoms with Crippen LogP contribution in [0.15, 0.2) is 56.9 Å². The highest BCUT2D eigenvalue weighted by Crippen LogP contribution is 2.35. The van der Waals surface area contributed by atoms with Crippen LogP contribution in [0.2, 0.25) is 0 Å². The fraction of sp³-hybridized carbons (Fsp3) is 0.263. The smallest absolute Gasteiger partial charge is 0.328 e. The summed E-state index contributed by atoms with van der Waals surface area (Å²) in [5.41, 5.74) is 0.0274. The van der Waals surface area contributed by atoms with E-state index in [4.69, 9.17) is 4.52 Å². The van der Waals surface area contributed by atoms with Crippen LogP contribution in [0.4, 0.5) is 17.1 Å². The van der Waals surface area contributed by atoms with E-state index >= 15 is 0 Å². The van der Waals surface area contributed by atoms with Gasteiger partial charge in [0, 0.05) is 19.2 Å². The van der Waals surface area contributed by atoms with Crippen molar-refractivity contribution in [3.05, 3.63) is 69.3 Å². The van der Waals surface area contributed by atoms with Gasteiger partial charge < -0.3 is 19.9 Å². The Labute approximate surface area is 164 Å². The van der Waals surface area contributed by atoms with Crippen molar-refractivity contribution in [3.63, 3.8) is 0 Å². The molecule has 1 amide bonds. The van der Waals surface area contributed by atoms with E-state index < -0.39 is 17.2 Å². The van der Waals surface area contributed by atoms with Crippen molar-refractivity contribution in [1.29, 1.82) is 0 Å². The van der Waals surface area contributed by atoms with Crippen LogP contribution in [0.1, 0.15) is 23.3 Å². The van der Waals surface area contributed by atoms with E-state index in [0.717, 1.165) is 10.6 Å². The molecule has 4 rings (SSSR count). The zero-order valence-corrected chi connectivity index (χ0v) is 15.5. The molecule has 0 aliphatic heterocycles. The number of aromatic nitrogens is 3.